The monoisotopic (exact) mass is 386 g/mol. The summed E-state index contributed by atoms with van der Waals surface area (Å²) in [7, 11) is 1.02. The molecule has 0 spiro atoms. The Morgan fingerprint density at radius 1 is 1.19 bits per heavy atom. The fourth-order valence-corrected chi connectivity index (χ4v) is 2.88. The number of halogens is 4. The van der Waals surface area contributed by atoms with Crippen molar-refractivity contribution < 1.29 is 32.2 Å². The molecule has 0 radical (unpaired) electrons. The second kappa shape index (κ2) is 7.19. The zero-order valence-corrected chi connectivity index (χ0v) is 14.5. The van der Waals surface area contributed by atoms with Crippen molar-refractivity contribution in [3.8, 4) is 16.9 Å². The Kier molecular flexibility index (Phi) is 5.13. The van der Waals surface area contributed by atoms with Gasteiger partial charge in [-0.05, 0) is 25.1 Å². The van der Waals surface area contributed by atoms with Gasteiger partial charge in [0.15, 0.2) is 23.1 Å². The lowest BCUT2D eigenvalue weighted by molar-refractivity contribution is -0.109. The summed E-state index contributed by atoms with van der Waals surface area (Å²) < 4.78 is 57.9. The number of aliphatic hydroxyl groups excluding tert-OH is 1. The average Bonchev–Trinajstić information content (AvgIpc) is 2.97. The number of aliphatic hydroxyl groups is 1. The van der Waals surface area contributed by atoms with Gasteiger partial charge in [-0.15, -0.1) is 0 Å². The second-order valence-corrected chi connectivity index (χ2v) is 5.79. The highest BCUT2D eigenvalue weighted by Crippen LogP contribution is 2.43. The van der Waals surface area contributed by atoms with Gasteiger partial charge in [-0.1, -0.05) is 11.6 Å². The number of hydrogen-bond donors (Lipinski definition) is 1. The molecule has 8 heteroatoms. The van der Waals surface area contributed by atoms with Crippen LogP contribution in [0.3, 0.4) is 0 Å². The van der Waals surface area contributed by atoms with Crippen LogP contribution in [0.4, 0.5) is 13.2 Å². The van der Waals surface area contributed by atoms with E-state index in [1.165, 1.54) is 18.2 Å². The molecular weight excluding hydrogens is 373 g/mol. The second-order valence-electron chi connectivity index (χ2n) is 5.36. The number of hydrogen-bond acceptors (Lipinski definition) is 4. The molecule has 1 heterocycles. The number of methoxy groups -OCH3 is 1. The van der Waals surface area contributed by atoms with E-state index in [4.69, 9.17) is 20.8 Å². The zero-order chi connectivity index (χ0) is 19.0. The molecule has 1 N–H and O–H groups in total. The van der Waals surface area contributed by atoms with Gasteiger partial charge >= 0.3 is 0 Å². The van der Waals surface area contributed by atoms with Crippen LogP contribution in [0.1, 0.15) is 19.0 Å². The van der Waals surface area contributed by atoms with Crippen molar-refractivity contribution in [1.82, 2.24) is 0 Å². The molecule has 0 aliphatic heterocycles. The predicted molar refractivity (Wildman–Crippen MR) is 89.7 cm³/mol. The highest BCUT2D eigenvalue weighted by Gasteiger charge is 2.28. The van der Waals surface area contributed by atoms with E-state index in [2.05, 4.69) is 4.74 Å². The molecule has 1 atom stereocenters. The first kappa shape index (κ1) is 18.6. The maximum Gasteiger partial charge on any atom is 0.215 e. The standard InChI is InChI=1S/C18H14ClF3O4/c1-3-25-18(23)16-13(9-5-4-8(19)6-12(9)26-16)10-7-11(20)15(22)17(24-2)14(10)21/h4-7,18,23H,3H2,1-2H3. The van der Waals surface area contributed by atoms with Crippen LogP contribution < -0.4 is 4.74 Å². The van der Waals surface area contributed by atoms with Crippen molar-refractivity contribution >= 4 is 22.6 Å². The molecule has 26 heavy (non-hydrogen) atoms. The highest BCUT2D eigenvalue weighted by atomic mass is 35.5. The Morgan fingerprint density at radius 2 is 1.92 bits per heavy atom. The molecule has 0 amide bonds. The maximum absolute atomic E-state index is 14.8. The molecule has 0 bridgehead atoms. The van der Waals surface area contributed by atoms with Crippen LogP contribution in [-0.4, -0.2) is 18.8 Å². The average molecular weight is 387 g/mol. The minimum absolute atomic E-state index is 0.0207. The molecule has 2 aromatic carbocycles. The lowest BCUT2D eigenvalue weighted by Crippen LogP contribution is -2.05. The minimum Gasteiger partial charge on any atom is -0.491 e. The Labute approximate surface area is 151 Å². The van der Waals surface area contributed by atoms with Crippen molar-refractivity contribution in [1.29, 1.82) is 0 Å². The van der Waals surface area contributed by atoms with Crippen LogP contribution in [-0.2, 0) is 4.74 Å². The van der Waals surface area contributed by atoms with Gasteiger partial charge in [-0.25, -0.2) is 8.78 Å². The molecule has 3 aromatic rings. The van der Waals surface area contributed by atoms with Crippen LogP contribution in [0.15, 0.2) is 28.7 Å². The summed E-state index contributed by atoms with van der Waals surface area (Å²) in [6.45, 7) is 1.78. The smallest absolute Gasteiger partial charge is 0.215 e. The van der Waals surface area contributed by atoms with Gasteiger partial charge in [0.2, 0.25) is 12.1 Å². The molecule has 4 nitrogen and oxygen atoms in total. The Hall–Kier alpha value is -2.22. The quantitative estimate of drug-likeness (QED) is 0.483. The molecule has 1 aromatic heterocycles. The van der Waals surface area contributed by atoms with Crippen LogP contribution in [0.2, 0.25) is 5.02 Å². The van der Waals surface area contributed by atoms with Crippen LogP contribution in [0, 0.1) is 17.5 Å². The van der Waals surface area contributed by atoms with Gasteiger partial charge in [0, 0.05) is 34.2 Å². The summed E-state index contributed by atoms with van der Waals surface area (Å²) in [6.07, 6.45) is -1.54. The number of benzene rings is 2. The van der Waals surface area contributed by atoms with Gasteiger partial charge < -0.3 is 19.0 Å². The molecular formula is C18H14ClF3O4. The molecule has 0 aliphatic carbocycles. The van der Waals surface area contributed by atoms with E-state index < -0.39 is 29.5 Å². The summed E-state index contributed by atoms with van der Waals surface area (Å²) in [5.74, 6) is -4.92. The van der Waals surface area contributed by atoms with Crippen LogP contribution >= 0.6 is 11.6 Å². The van der Waals surface area contributed by atoms with E-state index in [-0.39, 0.29) is 29.1 Å². The number of ether oxygens (including phenoxy) is 2. The number of fused-ring (bicyclic) bond motifs is 1. The molecule has 1 unspecified atom stereocenters. The van der Waals surface area contributed by atoms with E-state index in [1.807, 2.05) is 0 Å². The van der Waals surface area contributed by atoms with E-state index in [0.717, 1.165) is 7.11 Å². The van der Waals surface area contributed by atoms with Gasteiger partial charge in [0.1, 0.15) is 5.58 Å². The van der Waals surface area contributed by atoms with Gasteiger partial charge in [-0.3, -0.25) is 0 Å². The topological polar surface area (TPSA) is 51.8 Å². The molecule has 0 saturated heterocycles. The number of furan rings is 1. The van der Waals surface area contributed by atoms with Gasteiger partial charge in [-0.2, -0.15) is 4.39 Å². The third kappa shape index (κ3) is 3.02. The van der Waals surface area contributed by atoms with Gasteiger partial charge in [0.05, 0.1) is 7.11 Å². The maximum atomic E-state index is 14.8. The first-order valence-electron chi connectivity index (χ1n) is 7.62. The highest BCUT2D eigenvalue weighted by molar-refractivity contribution is 6.31. The molecule has 0 saturated carbocycles. The van der Waals surface area contributed by atoms with Gasteiger partial charge in [0.25, 0.3) is 0 Å². The minimum atomic E-state index is -1.54. The van der Waals surface area contributed by atoms with Crippen LogP contribution in [0.5, 0.6) is 5.75 Å². The zero-order valence-electron chi connectivity index (χ0n) is 13.8. The van der Waals surface area contributed by atoms with Crippen molar-refractivity contribution in [2.24, 2.45) is 0 Å². The first-order chi connectivity index (χ1) is 12.4. The molecule has 0 aliphatic rings. The Bertz CT molecular complexity index is 971. The van der Waals surface area contributed by atoms with E-state index >= 15 is 0 Å². The summed E-state index contributed by atoms with van der Waals surface area (Å²) in [5.41, 5.74) is -0.0905. The largest absolute Gasteiger partial charge is 0.491 e. The Balaban J connectivity index is 2.37. The summed E-state index contributed by atoms with van der Waals surface area (Å²) in [6, 6.07) is 5.17. The number of rotatable bonds is 5. The van der Waals surface area contributed by atoms with Crippen LogP contribution in [0.25, 0.3) is 22.1 Å². The SMILES string of the molecule is CCOC(O)c1oc2cc(Cl)ccc2c1-c1cc(F)c(F)c(OC)c1F. The summed E-state index contributed by atoms with van der Waals surface area (Å²) in [4.78, 5) is 0. The first-order valence-corrected chi connectivity index (χ1v) is 8.00. The Morgan fingerprint density at radius 3 is 2.58 bits per heavy atom. The summed E-state index contributed by atoms with van der Waals surface area (Å²) in [5, 5.41) is 10.9. The summed E-state index contributed by atoms with van der Waals surface area (Å²) >= 11 is 5.93. The lowest BCUT2D eigenvalue weighted by atomic mass is 10.00. The normalized spacial score (nSPS) is 12.6. The lowest BCUT2D eigenvalue weighted by Gasteiger charge is -2.13. The predicted octanol–water partition coefficient (Wildman–Crippen LogP) is 5.21. The van der Waals surface area contributed by atoms with E-state index in [0.29, 0.717) is 16.5 Å². The molecule has 138 valence electrons. The fraction of sp³-hybridized carbons (Fsp3) is 0.222. The van der Waals surface area contributed by atoms with E-state index in [9.17, 15) is 18.3 Å². The van der Waals surface area contributed by atoms with E-state index in [1.54, 1.807) is 6.92 Å². The molecule has 0 fully saturated rings. The molecule has 3 rings (SSSR count). The fourth-order valence-electron chi connectivity index (χ4n) is 2.72. The van der Waals surface area contributed by atoms with Crippen molar-refractivity contribution in [2.45, 2.75) is 13.2 Å². The van der Waals surface area contributed by atoms with Crippen molar-refractivity contribution in [3.05, 3.63) is 52.5 Å². The van der Waals surface area contributed by atoms with Crippen molar-refractivity contribution in [2.75, 3.05) is 13.7 Å². The third-order valence-electron chi connectivity index (χ3n) is 3.82. The third-order valence-corrected chi connectivity index (χ3v) is 4.05. The van der Waals surface area contributed by atoms with Crippen molar-refractivity contribution in [3.63, 3.8) is 0 Å².